The van der Waals surface area contributed by atoms with Crippen molar-refractivity contribution in [1.29, 1.82) is 0 Å². The lowest BCUT2D eigenvalue weighted by Crippen LogP contribution is -2.08. The van der Waals surface area contributed by atoms with Crippen LogP contribution in [0.25, 0.3) is 0 Å². The Morgan fingerprint density at radius 1 is 1.56 bits per heavy atom. The van der Waals surface area contributed by atoms with Crippen molar-refractivity contribution < 1.29 is 13.5 Å². The lowest BCUT2D eigenvalue weighted by Gasteiger charge is -1.98. The highest BCUT2D eigenvalue weighted by Gasteiger charge is 2.71. The summed E-state index contributed by atoms with van der Waals surface area (Å²) in [6, 6.07) is 0. The summed E-state index contributed by atoms with van der Waals surface area (Å²) in [5.74, 6) is 0.659. The van der Waals surface area contributed by atoms with Crippen molar-refractivity contribution in [3.63, 3.8) is 0 Å². The summed E-state index contributed by atoms with van der Waals surface area (Å²) in [5, 5.41) is 0. The van der Waals surface area contributed by atoms with Crippen molar-refractivity contribution in [2.24, 2.45) is 0 Å². The van der Waals surface area contributed by atoms with E-state index in [2.05, 4.69) is 4.74 Å². The minimum Gasteiger partial charge on any atom is -0.291 e. The lowest BCUT2D eigenvalue weighted by molar-refractivity contribution is 0.00128. The molecular formula is C5H8F2OS. The molecule has 4 heteroatoms. The molecule has 0 spiro atoms. The first-order chi connectivity index (χ1) is 4.02. The highest BCUT2D eigenvalue weighted by atomic mass is 32.2. The Labute approximate surface area is 56.8 Å². The molecule has 1 saturated heterocycles. The van der Waals surface area contributed by atoms with Gasteiger partial charge >= 0.3 is 6.11 Å². The maximum atomic E-state index is 12.1. The van der Waals surface area contributed by atoms with Crippen molar-refractivity contribution in [3.8, 4) is 0 Å². The van der Waals surface area contributed by atoms with E-state index in [4.69, 9.17) is 0 Å². The predicted molar refractivity (Wildman–Crippen MR) is 32.6 cm³/mol. The lowest BCUT2D eigenvalue weighted by atomic mass is 10.5. The van der Waals surface area contributed by atoms with Crippen LogP contribution in [0.2, 0.25) is 0 Å². The Kier molecular flexibility index (Phi) is 1.48. The SMILES string of the molecule is CCSC1(C)OC1(F)F. The van der Waals surface area contributed by atoms with E-state index in [1.807, 2.05) is 6.92 Å². The third-order valence-corrected chi connectivity index (χ3v) is 2.39. The molecule has 0 aromatic rings. The number of rotatable bonds is 2. The van der Waals surface area contributed by atoms with Gasteiger partial charge in [0, 0.05) is 0 Å². The molecule has 0 N–H and O–H groups in total. The zero-order valence-corrected chi connectivity index (χ0v) is 6.10. The molecule has 1 aliphatic heterocycles. The summed E-state index contributed by atoms with van der Waals surface area (Å²) in [6.45, 7) is 3.23. The minimum atomic E-state index is -2.88. The summed E-state index contributed by atoms with van der Waals surface area (Å²) in [6.07, 6.45) is -2.88. The highest BCUT2D eigenvalue weighted by Crippen LogP contribution is 2.57. The number of hydrogen-bond acceptors (Lipinski definition) is 2. The molecule has 0 saturated carbocycles. The Morgan fingerprint density at radius 2 is 2.00 bits per heavy atom. The third kappa shape index (κ3) is 1.05. The molecule has 1 atom stereocenters. The van der Waals surface area contributed by atoms with E-state index in [0.29, 0.717) is 5.75 Å². The van der Waals surface area contributed by atoms with Crippen LogP contribution in [-0.2, 0) is 4.74 Å². The van der Waals surface area contributed by atoms with Gasteiger partial charge in [0.05, 0.1) is 0 Å². The Hall–Kier alpha value is 0.170. The molecule has 0 aromatic carbocycles. The second-order valence-corrected chi connectivity index (χ2v) is 3.64. The molecule has 9 heavy (non-hydrogen) atoms. The van der Waals surface area contributed by atoms with Gasteiger partial charge in [0.2, 0.25) is 4.93 Å². The Bertz CT molecular complexity index is 128. The zero-order valence-electron chi connectivity index (χ0n) is 5.28. The smallest absolute Gasteiger partial charge is 0.291 e. The van der Waals surface area contributed by atoms with Crippen molar-refractivity contribution in [2.75, 3.05) is 5.75 Å². The van der Waals surface area contributed by atoms with Crippen LogP contribution in [0.5, 0.6) is 0 Å². The van der Waals surface area contributed by atoms with Crippen LogP contribution in [0.4, 0.5) is 8.78 Å². The summed E-state index contributed by atoms with van der Waals surface area (Å²) in [5.41, 5.74) is 0. The molecular weight excluding hydrogens is 146 g/mol. The van der Waals surface area contributed by atoms with Gasteiger partial charge in [0.1, 0.15) is 0 Å². The molecule has 1 nitrogen and oxygen atoms in total. The Morgan fingerprint density at radius 3 is 2.11 bits per heavy atom. The summed E-state index contributed by atoms with van der Waals surface area (Å²) in [7, 11) is 0. The van der Waals surface area contributed by atoms with E-state index in [-0.39, 0.29) is 0 Å². The van der Waals surface area contributed by atoms with Gasteiger partial charge in [-0.3, -0.25) is 4.74 Å². The predicted octanol–water partition coefficient (Wildman–Crippen LogP) is 2.08. The van der Waals surface area contributed by atoms with E-state index in [1.165, 1.54) is 6.92 Å². The number of epoxide rings is 1. The molecule has 0 aliphatic carbocycles. The largest absolute Gasteiger partial charge is 0.395 e. The molecule has 0 radical (unpaired) electrons. The Balaban J connectivity index is 2.42. The van der Waals surface area contributed by atoms with Gasteiger partial charge in [-0.05, 0) is 12.7 Å². The quantitative estimate of drug-likeness (QED) is 0.564. The first-order valence-electron chi connectivity index (χ1n) is 2.74. The van der Waals surface area contributed by atoms with Crippen molar-refractivity contribution in [1.82, 2.24) is 0 Å². The normalized spacial score (nSPS) is 38.7. The van der Waals surface area contributed by atoms with Crippen molar-refractivity contribution in [3.05, 3.63) is 0 Å². The molecule has 1 rings (SSSR count). The van der Waals surface area contributed by atoms with Gasteiger partial charge in [-0.15, -0.1) is 11.8 Å². The molecule has 1 unspecified atom stereocenters. The summed E-state index contributed by atoms with van der Waals surface area (Å²) < 4.78 is 28.4. The van der Waals surface area contributed by atoms with Crippen molar-refractivity contribution in [2.45, 2.75) is 24.9 Å². The summed E-state index contributed by atoms with van der Waals surface area (Å²) in [4.78, 5) is -1.22. The third-order valence-electron chi connectivity index (χ3n) is 1.23. The number of halogens is 2. The van der Waals surface area contributed by atoms with Gasteiger partial charge in [0.15, 0.2) is 0 Å². The number of alkyl halides is 2. The van der Waals surface area contributed by atoms with E-state index < -0.39 is 11.0 Å². The monoisotopic (exact) mass is 154 g/mol. The highest BCUT2D eigenvalue weighted by molar-refractivity contribution is 8.00. The molecule has 0 aromatic heterocycles. The fraction of sp³-hybridized carbons (Fsp3) is 1.00. The van der Waals surface area contributed by atoms with Crippen LogP contribution in [0.3, 0.4) is 0 Å². The van der Waals surface area contributed by atoms with Gasteiger partial charge < -0.3 is 0 Å². The first kappa shape index (κ1) is 7.28. The average molecular weight is 154 g/mol. The number of thioether (sulfide) groups is 1. The maximum absolute atomic E-state index is 12.1. The zero-order chi connectivity index (χ0) is 7.12. The molecule has 0 amide bonds. The summed E-state index contributed by atoms with van der Waals surface area (Å²) >= 11 is 1.13. The standard InChI is InChI=1S/C5H8F2OS/c1-3-9-4(2)5(6,7)8-4/h3H2,1-2H3. The molecule has 1 aliphatic rings. The molecule has 1 heterocycles. The van der Waals surface area contributed by atoms with Gasteiger partial charge in [-0.2, -0.15) is 8.78 Å². The fourth-order valence-corrected chi connectivity index (χ4v) is 1.49. The molecule has 0 bridgehead atoms. The second kappa shape index (κ2) is 1.83. The molecule has 1 fully saturated rings. The van der Waals surface area contributed by atoms with Gasteiger partial charge in [-0.1, -0.05) is 6.92 Å². The molecule has 54 valence electrons. The maximum Gasteiger partial charge on any atom is 0.395 e. The van der Waals surface area contributed by atoms with E-state index in [1.54, 1.807) is 0 Å². The second-order valence-electron chi connectivity index (χ2n) is 2.00. The van der Waals surface area contributed by atoms with Crippen LogP contribution in [0, 0.1) is 0 Å². The van der Waals surface area contributed by atoms with Crippen LogP contribution in [0.15, 0.2) is 0 Å². The topological polar surface area (TPSA) is 12.5 Å². The van der Waals surface area contributed by atoms with Gasteiger partial charge in [0.25, 0.3) is 0 Å². The van der Waals surface area contributed by atoms with Crippen molar-refractivity contribution >= 4 is 11.8 Å². The van der Waals surface area contributed by atoms with Crippen LogP contribution < -0.4 is 0 Å². The van der Waals surface area contributed by atoms with E-state index in [0.717, 1.165) is 11.8 Å². The van der Waals surface area contributed by atoms with Crippen LogP contribution in [0.1, 0.15) is 13.8 Å². The van der Waals surface area contributed by atoms with Gasteiger partial charge in [-0.25, -0.2) is 0 Å². The average Bonchev–Trinajstić information content (AvgIpc) is 2.07. The van der Waals surface area contributed by atoms with E-state index >= 15 is 0 Å². The first-order valence-corrected chi connectivity index (χ1v) is 3.72. The van der Waals surface area contributed by atoms with Crippen LogP contribution >= 0.6 is 11.8 Å². The van der Waals surface area contributed by atoms with E-state index in [9.17, 15) is 8.78 Å². The minimum absolute atomic E-state index is 0.659. The fourth-order valence-electron chi connectivity index (χ4n) is 0.608. The number of ether oxygens (including phenoxy) is 1. The van der Waals surface area contributed by atoms with Crippen LogP contribution in [-0.4, -0.2) is 16.8 Å². The number of hydrogen-bond donors (Lipinski definition) is 0.